The van der Waals surface area contributed by atoms with Crippen LogP contribution in [0.25, 0.3) is 10.4 Å². The van der Waals surface area contributed by atoms with Crippen molar-refractivity contribution in [3.05, 3.63) is 41.3 Å². The molecule has 2 rings (SSSR count). The lowest BCUT2D eigenvalue weighted by Crippen LogP contribution is -2.17. The number of terminal acetylenes is 1. The summed E-state index contributed by atoms with van der Waals surface area (Å²) in [6.07, 6.45) is 0.559. The molecular weight excluding hydrogens is 261 g/mol. The fourth-order valence-corrected chi connectivity index (χ4v) is 2.23. The van der Waals surface area contributed by atoms with Crippen LogP contribution in [0.5, 0.6) is 5.75 Å². The standard InChI is InChI=1S/C13H7F3OS/c1-2-11-6-7-12(18-11)9-4-3-5-10(8-9)17-13(14,15)16/h1,3-8H. The molecular formula is C13H7F3OS. The monoisotopic (exact) mass is 268 g/mol. The lowest BCUT2D eigenvalue weighted by molar-refractivity contribution is -0.274. The molecule has 0 atom stereocenters. The Bertz CT molecular complexity index is 593. The van der Waals surface area contributed by atoms with Crippen molar-refractivity contribution >= 4 is 11.3 Å². The highest BCUT2D eigenvalue weighted by Crippen LogP contribution is 2.31. The second-order valence-electron chi connectivity index (χ2n) is 3.38. The molecule has 0 radical (unpaired) electrons. The summed E-state index contributed by atoms with van der Waals surface area (Å²) >= 11 is 1.34. The van der Waals surface area contributed by atoms with Gasteiger partial charge in [-0.25, -0.2) is 0 Å². The molecule has 0 aliphatic carbocycles. The Morgan fingerprint density at radius 2 is 1.94 bits per heavy atom. The van der Waals surface area contributed by atoms with Gasteiger partial charge in [-0.3, -0.25) is 0 Å². The van der Waals surface area contributed by atoms with E-state index in [0.29, 0.717) is 5.56 Å². The zero-order valence-corrected chi connectivity index (χ0v) is 9.81. The van der Waals surface area contributed by atoms with Gasteiger partial charge in [-0.1, -0.05) is 18.1 Å². The fraction of sp³-hybridized carbons (Fsp3) is 0.0769. The van der Waals surface area contributed by atoms with Crippen LogP contribution >= 0.6 is 11.3 Å². The molecule has 0 N–H and O–H groups in total. The van der Waals surface area contributed by atoms with Crippen LogP contribution in [-0.2, 0) is 0 Å². The van der Waals surface area contributed by atoms with Crippen LogP contribution in [0.3, 0.4) is 0 Å². The van der Waals surface area contributed by atoms with Gasteiger partial charge in [-0.15, -0.1) is 30.9 Å². The van der Waals surface area contributed by atoms with Crippen molar-refractivity contribution in [1.82, 2.24) is 0 Å². The highest BCUT2D eigenvalue weighted by molar-refractivity contribution is 7.16. The van der Waals surface area contributed by atoms with Crippen LogP contribution in [0.15, 0.2) is 36.4 Å². The van der Waals surface area contributed by atoms with Crippen molar-refractivity contribution in [2.24, 2.45) is 0 Å². The van der Waals surface area contributed by atoms with E-state index in [1.807, 2.05) is 0 Å². The summed E-state index contributed by atoms with van der Waals surface area (Å²) in [4.78, 5) is 1.53. The van der Waals surface area contributed by atoms with Gasteiger partial charge in [0.15, 0.2) is 0 Å². The molecule has 0 aliphatic heterocycles. The van der Waals surface area contributed by atoms with E-state index in [-0.39, 0.29) is 5.75 Å². The molecule has 1 aromatic carbocycles. The summed E-state index contributed by atoms with van der Waals surface area (Å²) < 4.78 is 40.1. The minimum Gasteiger partial charge on any atom is -0.406 e. The van der Waals surface area contributed by atoms with Crippen molar-refractivity contribution in [2.75, 3.05) is 0 Å². The molecule has 0 fully saturated rings. The van der Waals surface area contributed by atoms with Gasteiger partial charge in [0.2, 0.25) is 0 Å². The van der Waals surface area contributed by atoms with E-state index in [0.717, 1.165) is 9.75 Å². The van der Waals surface area contributed by atoms with Crippen molar-refractivity contribution in [3.63, 3.8) is 0 Å². The molecule has 0 saturated carbocycles. The molecule has 1 nitrogen and oxygen atoms in total. The number of hydrogen-bond donors (Lipinski definition) is 0. The third-order valence-corrected chi connectivity index (χ3v) is 3.17. The average Bonchev–Trinajstić information content (AvgIpc) is 2.75. The van der Waals surface area contributed by atoms with Crippen LogP contribution in [0.2, 0.25) is 0 Å². The van der Waals surface area contributed by atoms with Gasteiger partial charge in [0.25, 0.3) is 0 Å². The molecule has 1 aromatic heterocycles. The topological polar surface area (TPSA) is 9.23 Å². The lowest BCUT2D eigenvalue weighted by Gasteiger charge is -2.09. The Morgan fingerprint density at radius 3 is 2.56 bits per heavy atom. The maximum Gasteiger partial charge on any atom is 0.573 e. The first-order chi connectivity index (χ1) is 8.48. The van der Waals surface area contributed by atoms with Gasteiger partial charge in [0.1, 0.15) is 5.75 Å². The van der Waals surface area contributed by atoms with Crippen molar-refractivity contribution in [2.45, 2.75) is 6.36 Å². The van der Waals surface area contributed by atoms with Crippen molar-refractivity contribution < 1.29 is 17.9 Å². The van der Waals surface area contributed by atoms with Gasteiger partial charge < -0.3 is 4.74 Å². The number of ether oxygens (including phenoxy) is 1. The van der Waals surface area contributed by atoms with E-state index in [1.54, 1.807) is 18.2 Å². The van der Waals surface area contributed by atoms with Gasteiger partial charge in [-0.05, 0) is 29.8 Å². The summed E-state index contributed by atoms with van der Waals surface area (Å²) in [5.41, 5.74) is 0.642. The van der Waals surface area contributed by atoms with Crippen LogP contribution in [0.4, 0.5) is 13.2 Å². The smallest absolute Gasteiger partial charge is 0.406 e. The van der Waals surface area contributed by atoms with E-state index >= 15 is 0 Å². The van der Waals surface area contributed by atoms with Crippen molar-refractivity contribution in [1.29, 1.82) is 0 Å². The molecule has 0 unspecified atom stereocenters. The first kappa shape index (κ1) is 12.5. The number of rotatable bonds is 2. The summed E-state index contributed by atoms with van der Waals surface area (Å²) in [5.74, 6) is 2.24. The number of halogens is 3. The predicted octanol–water partition coefficient (Wildman–Crippen LogP) is 4.30. The third-order valence-electron chi connectivity index (χ3n) is 2.10. The molecule has 0 bridgehead atoms. The maximum atomic E-state index is 12.1. The molecule has 18 heavy (non-hydrogen) atoms. The van der Waals surface area contributed by atoms with E-state index in [1.165, 1.54) is 29.5 Å². The van der Waals surface area contributed by atoms with Crippen LogP contribution in [0, 0.1) is 12.3 Å². The molecule has 0 saturated heterocycles. The van der Waals surface area contributed by atoms with Gasteiger partial charge in [0.05, 0.1) is 4.88 Å². The minimum atomic E-state index is -4.68. The Labute approximate surface area is 106 Å². The molecule has 1 heterocycles. The average molecular weight is 268 g/mol. The first-order valence-electron chi connectivity index (χ1n) is 4.90. The fourth-order valence-electron chi connectivity index (χ4n) is 1.42. The van der Waals surface area contributed by atoms with Gasteiger partial charge in [-0.2, -0.15) is 0 Å². The van der Waals surface area contributed by atoms with E-state index in [4.69, 9.17) is 6.42 Å². The van der Waals surface area contributed by atoms with E-state index in [2.05, 4.69) is 10.7 Å². The van der Waals surface area contributed by atoms with Crippen LogP contribution in [0.1, 0.15) is 4.88 Å². The Hall–Kier alpha value is -1.93. The zero-order chi connectivity index (χ0) is 13.2. The van der Waals surface area contributed by atoms with E-state index in [9.17, 15) is 13.2 Å². The van der Waals surface area contributed by atoms with Crippen LogP contribution < -0.4 is 4.74 Å². The summed E-state index contributed by atoms with van der Waals surface area (Å²) in [5, 5.41) is 0. The van der Waals surface area contributed by atoms with E-state index < -0.39 is 6.36 Å². The molecule has 2 aromatic rings. The third kappa shape index (κ3) is 3.05. The first-order valence-corrected chi connectivity index (χ1v) is 5.72. The summed E-state index contributed by atoms with van der Waals surface area (Å²) in [6.45, 7) is 0. The summed E-state index contributed by atoms with van der Waals surface area (Å²) in [6, 6.07) is 9.32. The second-order valence-corrected chi connectivity index (χ2v) is 4.47. The molecule has 0 spiro atoms. The lowest BCUT2D eigenvalue weighted by atomic mass is 10.2. The largest absolute Gasteiger partial charge is 0.573 e. The van der Waals surface area contributed by atoms with Gasteiger partial charge in [0, 0.05) is 4.88 Å². The SMILES string of the molecule is C#Cc1ccc(-c2cccc(OC(F)(F)F)c2)s1. The van der Waals surface area contributed by atoms with Crippen LogP contribution in [-0.4, -0.2) is 6.36 Å². The zero-order valence-electron chi connectivity index (χ0n) is 8.99. The predicted molar refractivity (Wildman–Crippen MR) is 64.4 cm³/mol. The number of alkyl halides is 3. The Morgan fingerprint density at radius 1 is 1.17 bits per heavy atom. The normalized spacial score (nSPS) is 11.0. The molecule has 5 heteroatoms. The summed E-state index contributed by atoms with van der Waals surface area (Å²) in [7, 11) is 0. The highest BCUT2D eigenvalue weighted by Gasteiger charge is 2.31. The number of hydrogen-bond acceptors (Lipinski definition) is 2. The Balaban J connectivity index is 2.30. The molecule has 0 aliphatic rings. The quantitative estimate of drug-likeness (QED) is 0.738. The molecule has 92 valence electrons. The Kier molecular flexibility index (Phi) is 3.30. The maximum absolute atomic E-state index is 12.1. The minimum absolute atomic E-state index is 0.240. The molecule has 0 amide bonds. The highest BCUT2D eigenvalue weighted by atomic mass is 32.1. The number of thiophene rings is 1. The number of benzene rings is 1. The van der Waals surface area contributed by atoms with Gasteiger partial charge >= 0.3 is 6.36 Å². The second kappa shape index (κ2) is 4.75. The van der Waals surface area contributed by atoms with Crippen molar-refractivity contribution in [3.8, 4) is 28.5 Å².